The summed E-state index contributed by atoms with van der Waals surface area (Å²) in [5.74, 6) is 0.727. The van der Waals surface area contributed by atoms with Gasteiger partial charge in [-0.15, -0.1) is 0 Å². The van der Waals surface area contributed by atoms with E-state index in [1.807, 2.05) is 6.92 Å². The summed E-state index contributed by atoms with van der Waals surface area (Å²) < 4.78 is 0. The lowest BCUT2D eigenvalue weighted by Crippen LogP contribution is -2.19. The molecule has 0 spiro atoms. The topological polar surface area (TPSA) is 21.6 Å². The third-order valence-electron chi connectivity index (χ3n) is 1.93. The molecule has 0 radical (unpaired) electrons. The summed E-state index contributed by atoms with van der Waals surface area (Å²) in [4.78, 5) is 4.65. The smallest absolute Gasteiger partial charge is 0.106 e. The van der Waals surface area contributed by atoms with Gasteiger partial charge < -0.3 is 4.84 Å². The third kappa shape index (κ3) is 1.44. The van der Waals surface area contributed by atoms with Gasteiger partial charge in [0.2, 0.25) is 0 Å². The van der Waals surface area contributed by atoms with Crippen LogP contribution in [0.2, 0.25) is 0 Å². The first-order chi connectivity index (χ1) is 4.34. The Labute approximate surface area is 55.9 Å². The number of hydrogen-bond donors (Lipinski definition) is 0. The minimum absolute atomic E-state index is 0.727. The third-order valence-corrected chi connectivity index (χ3v) is 1.93. The van der Waals surface area contributed by atoms with Crippen LogP contribution in [-0.4, -0.2) is 12.8 Å². The highest BCUT2D eigenvalue weighted by atomic mass is 16.6. The van der Waals surface area contributed by atoms with Gasteiger partial charge in [0.25, 0.3) is 0 Å². The molecule has 1 fully saturated rings. The van der Waals surface area contributed by atoms with Crippen LogP contribution < -0.4 is 0 Å². The molecule has 2 heteroatoms. The first kappa shape index (κ1) is 6.59. The molecule has 0 aromatic carbocycles. The van der Waals surface area contributed by atoms with Crippen LogP contribution in [0, 0.1) is 5.92 Å². The Kier molecular flexibility index (Phi) is 2.09. The van der Waals surface area contributed by atoms with E-state index in [-0.39, 0.29) is 0 Å². The molecule has 1 rings (SSSR count). The first-order valence-corrected chi connectivity index (χ1v) is 3.42. The van der Waals surface area contributed by atoms with E-state index >= 15 is 0 Å². The molecule has 1 saturated carbocycles. The molecule has 0 atom stereocenters. The summed E-state index contributed by atoms with van der Waals surface area (Å²) in [5, 5.41) is 3.86. The lowest BCUT2D eigenvalue weighted by Gasteiger charge is -2.24. The van der Waals surface area contributed by atoms with Crippen LogP contribution in [0.5, 0.6) is 0 Å². The fourth-order valence-corrected chi connectivity index (χ4v) is 1.04. The van der Waals surface area contributed by atoms with Gasteiger partial charge in [0.05, 0.1) is 5.71 Å². The summed E-state index contributed by atoms with van der Waals surface area (Å²) >= 11 is 0. The van der Waals surface area contributed by atoms with E-state index in [0.29, 0.717) is 0 Å². The fraction of sp³-hybridized carbons (Fsp3) is 0.857. The van der Waals surface area contributed by atoms with Gasteiger partial charge in [-0.3, -0.25) is 0 Å². The second kappa shape index (κ2) is 2.85. The number of hydrogen-bond acceptors (Lipinski definition) is 2. The molecule has 2 nitrogen and oxygen atoms in total. The zero-order valence-electron chi connectivity index (χ0n) is 6.05. The largest absolute Gasteiger partial charge is 0.399 e. The second-order valence-electron chi connectivity index (χ2n) is 2.54. The van der Waals surface area contributed by atoms with Gasteiger partial charge >= 0.3 is 0 Å². The van der Waals surface area contributed by atoms with Crippen molar-refractivity contribution in [2.45, 2.75) is 26.2 Å². The van der Waals surface area contributed by atoms with Crippen molar-refractivity contribution in [3.63, 3.8) is 0 Å². The standard InChI is InChI=1S/C7H13NO/c1-6(8-9-2)7-4-3-5-7/h7H,3-5H2,1-2H3/b8-6+. The maximum Gasteiger partial charge on any atom is 0.106 e. The average molecular weight is 127 g/mol. The Morgan fingerprint density at radius 3 is 2.56 bits per heavy atom. The highest BCUT2D eigenvalue weighted by molar-refractivity contribution is 5.84. The van der Waals surface area contributed by atoms with Crippen molar-refractivity contribution in [1.82, 2.24) is 0 Å². The quantitative estimate of drug-likeness (QED) is 0.409. The number of nitrogens with zero attached hydrogens (tertiary/aromatic N) is 1. The highest BCUT2D eigenvalue weighted by Gasteiger charge is 2.20. The van der Waals surface area contributed by atoms with Crippen molar-refractivity contribution in [2.75, 3.05) is 7.11 Å². The van der Waals surface area contributed by atoms with E-state index in [4.69, 9.17) is 0 Å². The summed E-state index contributed by atoms with van der Waals surface area (Å²) in [5.41, 5.74) is 1.16. The molecule has 0 amide bonds. The van der Waals surface area contributed by atoms with Crippen LogP contribution in [0.4, 0.5) is 0 Å². The molecule has 0 aromatic rings. The van der Waals surface area contributed by atoms with Crippen molar-refractivity contribution in [3.05, 3.63) is 0 Å². The van der Waals surface area contributed by atoms with E-state index in [1.165, 1.54) is 19.3 Å². The molecular formula is C7H13NO. The maximum absolute atomic E-state index is 4.65. The predicted octanol–water partition coefficient (Wildman–Crippen LogP) is 1.81. The van der Waals surface area contributed by atoms with Gasteiger partial charge in [-0.2, -0.15) is 0 Å². The normalized spacial score (nSPS) is 21.3. The van der Waals surface area contributed by atoms with Crippen LogP contribution in [0.1, 0.15) is 26.2 Å². The lowest BCUT2D eigenvalue weighted by atomic mass is 9.82. The molecule has 0 heterocycles. The molecular weight excluding hydrogens is 114 g/mol. The second-order valence-corrected chi connectivity index (χ2v) is 2.54. The summed E-state index contributed by atoms with van der Waals surface area (Å²) in [7, 11) is 1.60. The Hall–Kier alpha value is -0.530. The van der Waals surface area contributed by atoms with Crippen molar-refractivity contribution in [1.29, 1.82) is 0 Å². The Bertz CT molecular complexity index is 116. The van der Waals surface area contributed by atoms with Crippen molar-refractivity contribution < 1.29 is 4.84 Å². The van der Waals surface area contributed by atoms with Crippen molar-refractivity contribution >= 4 is 5.71 Å². The van der Waals surface area contributed by atoms with Gasteiger partial charge in [0, 0.05) is 5.92 Å². The molecule has 0 N–H and O–H groups in total. The monoisotopic (exact) mass is 127 g/mol. The molecule has 0 aliphatic heterocycles. The van der Waals surface area contributed by atoms with Crippen LogP contribution >= 0.6 is 0 Å². The summed E-state index contributed by atoms with van der Waals surface area (Å²) in [6.45, 7) is 2.04. The Morgan fingerprint density at radius 2 is 2.22 bits per heavy atom. The van der Waals surface area contributed by atoms with Gasteiger partial charge in [0.1, 0.15) is 7.11 Å². The SMILES string of the molecule is CO/N=C(\C)C1CCC1. The van der Waals surface area contributed by atoms with Crippen LogP contribution in [0.15, 0.2) is 5.16 Å². The fourth-order valence-electron chi connectivity index (χ4n) is 1.04. The van der Waals surface area contributed by atoms with E-state index in [2.05, 4.69) is 9.99 Å². The van der Waals surface area contributed by atoms with Crippen molar-refractivity contribution in [3.8, 4) is 0 Å². The summed E-state index contributed by atoms with van der Waals surface area (Å²) in [6.07, 6.45) is 3.97. The highest BCUT2D eigenvalue weighted by Crippen LogP contribution is 2.27. The zero-order chi connectivity index (χ0) is 6.69. The molecule has 0 aromatic heterocycles. The molecule has 1 aliphatic carbocycles. The van der Waals surface area contributed by atoms with Gasteiger partial charge in [-0.05, 0) is 19.8 Å². The van der Waals surface area contributed by atoms with E-state index in [1.54, 1.807) is 7.11 Å². The van der Waals surface area contributed by atoms with Gasteiger partial charge in [-0.25, -0.2) is 0 Å². The van der Waals surface area contributed by atoms with Gasteiger partial charge in [0.15, 0.2) is 0 Å². The minimum Gasteiger partial charge on any atom is -0.399 e. The molecule has 0 unspecified atom stereocenters. The van der Waals surface area contributed by atoms with E-state index in [0.717, 1.165) is 11.6 Å². The number of oxime groups is 1. The lowest BCUT2D eigenvalue weighted by molar-refractivity contribution is 0.208. The average Bonchev–Trinajstić information content (AvgIpc) is 1.60. The minimum atomic E-state index is 0.727. The molecule has 52 valence electrons. The molecule has 1 aliphatic rings. The van der Waals surface area contributed by atoms with Crippen LogP contribution in [0.3, 0.4) is 0 Å². The predicted molar refractivity (Wildman–Crippen MR) is 37.5 cm³/mol. The Balaban J connectivity index is 2.31. The zero-order valence-corrected chi connectivity index (χ0v) is 6.05. The molecule has 0 saturated heterocycles. The molecule has 9 heavy (non-hydrogen) atoms. The van der Waals surface area contributed by atoms with Crippen LogP contribution in [-0.2, 0) is 4.84 Å². The Morgan fingerprint density at radius 1 is 1.56 bits per heavy atom. The summed E-state index contributed by atoms with van der Waals surface area (Å²) in [6, 6.07) is 0. The van der Waals surface area contributed by atoms with E-state index < -0.39 is 0 Å². The van der Waals surface area contributed by atoms with E-state index in [9.17, 15) is 0 Å². The molecule has 0 bridgehead atoms. The van der Waals surface area contributed by atoms with Crippen LogP contribution in [0.25, 0.3) is 0 Å². The maximum atomic E-state index is 4.65. The van der Waals surface area contributed by atoms with Crippen molar-refractivity contribution in [2.24, 2.45) is 11.1 Å². The first-order valence-electron chi connectivity index (χ1n) is 3.42. The number of rotatable bonds is 2. The van der Waals surface area contributed by atoms with Gasteiger partial charge in [-0.1, -0.05) is 11.6 Å².